The van der Waals surface area contributed by atoms with Gasteiger partial charge >= 0.3 is 0 Å². The fourth-order valence-electron chi connectivity index (χ4n) is 3.86. The number of hydrogen-bond donors (Lipinski definition) is 0. The highest BCUT2D eigenvalue weighted by Gasteiger charge is 2.47. The molecule has 27 heavy (non-hydrogen) atoms. The van der Waals surface area contributed by atoms with Crippen LogP contribution in [0.1, 0.15) is 19.3 Å². The number of nitrogens with zero attached hydrogens (tertiary/aromatic N) is 5. The van der Waals surface area contributed by atoms with Gasteiger partial charge in [0, 0.05) is 49.5 Å². The lowest BCUT2D eigenvalue weighted by Crippen LogP contribution is -2.56. The summed E-state index contributed by atoms with van der Waals surface area (Å²) >= 11 is 1.65. The maximum atomic E-state index is 14.4. The number of aromatic nitrogens is 3. The summed E-state index contributed by atoms with van der Waals surface area (Å²) in [5, 5.41) is 4.13. The van der Waals surface area contributed by atoms with Crippen molar-refractivity contribution in [1.82, 2.24) is 19.3 Å². The minimum atomic E-state index is -1.61. The molecule has 1 saturated heterocycles. The zero-order chi connectivity index (χ0) is 18.4. The molecular weight excluding hydrogens is 365 g/mol. The van der Waals surface area contributed by atoms with E-state index in [-0.39, 0.29) is 5.91 Å². The van der Waals surface area contributed by atoms with Gasteiger partial charge in [0.1, 0.15) is 0 Å². The van der Waals surface area contributed by atoms with Crippen LogP contribution in [0.5, 0.6) is 0 Å². The molecule has 4 heterocycles. The van der Waals surface area contributed by atoms with Crippen molar-refractivity contribution in [1.29, 1.82) is 0 Å². The molecule has 5 rings (SSSR count). The fraction of sp³-hybridized carbons (Fsp3) is 0.421. The average Bonchev–Trinajstić information content (AvgIpc) is 3.37. The Morgan fingerprint density at radius 1 is 1.19 bits per heavy atom. The van der Waals surface area contributed by atoms with Gasteiger partial charge < -0.3 is 9.80 Å². The summed E-state index contributed by atoms with van der Waals surface area (Å²) in [7, 11) is 0. The van der Waals surface area contributed by atoms with Crippen LogP contribution in [0.15, 0.2) is 35.4 Å². The molecule has 8 heteroatoms. The van der Waals surface area contributed by atoms with Gasteiger partial charge in [-0.25, -0.2) is 14.4 Å². The Morgan fingerprint density at radius 2 is 2.00 bits per heavy atom. The molecule has 0 radical (unpaired) electrons. The molecule has 0 unspecified atom stereocenters. The van der Waals surface area contributed by atoms with E-state index in [2.05, 4.69) is 26.3 Å². The van der Waals surface area contributed by atoms with E-state index in [1.54, 1.807) is 22.4 Å². The first-order valence-corrected chi connectivity index (χ1v) is 10.2. The number of fused-ring (bicyclic) bond motifs is 1. The van der Waals surface area contributed by atoms with Gasteiger partial charge in [-0.15, -0.1) is 0 Å². The molecule has 2 aliphatic rings. The Balaban J connectivity index is 1.37. The summed E-state index contributed by atoms with van der Waals surface area (Å²) in [6, 6.07) is 2.07. The van der Waals surface area contributed by atoms with Crippen molar-refractivity contribution in [3.8, 4) is 11.3 Å². The van der Waals surface area contributed by atoms with Crippen LogP contribution in [0, 0.1) is 0 Å². The second-order valence-electron chi connectivity index (χ2n) is 7.20. The average molecular weight is 385 g/mol. The fourth-order valence-corrected chi connectivity index (χ4v) is 4.51. The topological polar surface area (TPSA) is 53.7 Å². The summed E-state index contributed by atoms with van der Waals surface area (Å²) in [4.78, 5) is 25.4. The van der Waals surface area contributed by atoms with Crippen molar-refractivity contribution in [2.24, 2.45) is 0 Å². The molecule has 0 aromatic carbocycles. The largest absolute Gasteiger partial charge is 0.350 e. The first-order chi connectivity index (χ1) is 13.2. The van der Waals surface area contributed by atoms with Crippen LogP contribution < -0.4 is 4.90 Å². The van der Waals surface area contributed by atoms with E-state index in [1.165, 1.54) is 0 Å². The van der Waals surface area contributed by atoms with Gasteiger partial charge in [0.2, 0.25) is 0 Å². The number of anilines is 1. The number of carbonyl (C=O) groups excluding carboxylic acids is 1. The number of halogens is 1. The van der Waals surface area contributed by atoms with Crippen LogP contribution in [-0.4, -0.2) is 57.0 Å². The monoisotopic (exact) mass is 385 g/mol. The number of piperazine rings is 1. The maximum Gasteiger partial charge on any atom is 0.260 e. The number of thiophene rings is 1. The number of rotatable bonds is 3. The third kappa shape index (κ3) is 2.70. The van der Waals surface area contributed by atoms with E-state index < -0.39 is 5.67 Å². The van der Waals surface area contributed by atoms with Gasteiger partial charge in [0.05, 0.1) is 11.9 Å². The number of carbonyl (C=O) groups is 1. The SMILES string of the molecule is O=C(N1CCN(c2ncc(-c3ccsc3)n3ccnc23)CC1)C1(F)CCC1. The Morgan fingerprint density at radius 3 is 2.67 bits per heavy atom. The zero-order valence-corrected chi connectivity index (χ0v) is 15.7. The van der Waals surface area contributed by atoms with Crippen molar-refractivity contribution in [3.63, 3.8) is 0 Å². The predicted molar refractivity (Wildman–Crippen MR) is 103 cm³/mol. The van der Waals surface area contributed by atoms with E-state index in [0.717, 1.165) is 29.1 Å². The molecule has 3 aromatic heterocycles. The van der Waals surface area contributed by atoms with Crippen molar-refractivity contribution < 1.29 is 9.18 Å². The van der Waals surface area contributed by atoms with Crippen molar-refractivity contribution in [2.75, 3.05) is 31.1 Å². The Bertz CT molecular complexity index is 973. The first-order valence-electron chi connectivity index (χ1n) is 9.24. The molecule has 0 atom stereocenters. The maximum absolute atomic E-state index is 14.4. The van der Waals surface area contributed by atoms with Crippen molar-refractivity contribution >= 4 is 28.7 Å². The summed E-state index contributed by atoms with van der Waals surface area (Å²) in [5.41, 5.74) is 1.31. The Kier molecular flexibility index (Phi) is 3.89. The molecule has 2 fully saturated rings. The van der Waals surface area contributed by atoms with E-state index in [9.17, 15) is 9.18 Å². The highest BCUT2D eigenvalue weighted by atomic mass is 32.1. The van der Waals surface area contributed by atoms with Gasteiger partial charge in [-0.3, -0.25) is 9.20 Å². The first kappa shape index (κ1) is 16.7. The number of amides is 1. The van der Waals surface area contributed by atoms with Gasteiger partial charge in [0.25, 0.3) is 5.91 Å². The van der Waals surface area contributed by atoms with Crippen molar-refractivity contribution in [2.45, 2.75) is 24.9 Å². The zero-order valence-electron chi connectivity index (χ0n) is 14.8. The van der Waals surface area contributed by atoms with E-state index in [1.807, 2.05) is 22.2 Å². The number of alkyl halides is 1. The molecule has 3 aromatic rings. The third-order valence-corrected chi connectivity index (χ3v) is 6.31. The molecule has 0 spiro atoms. The normalized spacial score (nSPS) is 19.3. The van der Waals surface area contributed by atoms with Gasteiger partial charge in [-0.1, -0.05) is 0 Å². The summed E-state index contributed by atoms with van der Waals surface area (Å²) in [6.45, 7) is 2.31. The molecule has 6 nitrogen and oxygen atoms in total. The summed E-state index contributed by atoms with van der Waals surface area (Å²) in [6.07, 6.45) is 7.13. The van der Waals surface area contributed by atoms with Crippen LogP contribution >= 0.6 is 11.3 Å². The van der Waals surface area contributed by atoms with Crippen LogP contribution in [0.25, 0.3) is 16.9 Å². The molecule has 1 aliphatic heterocycles. The minimum Gasteiger partial charge on any atom is -0.350 e. The summed E-state index contributed by atoms with van der Waals surface area (Å²) < 4.78 is 16.5. The summed E-state index contributed by atoms with van der Waals surface area (Å²) in [5.74, 6) is 0.477. The predicted octanol–water partition coefficient (Wildman–Crippen LogP) is 3.00. The lowest BCUT2D eigenvalue weighted by Gasteiger charge is -2.41. The molecule has 1 aliphatic carbocycles. The minimum absolute atomic E-state index is 0.333. The van der Waals surface area contributed by atoms with Crippen LogP contribution in [0.3, 0.4) is 0 Å². The lowest BCUT2D eigenvalue weighted by atomic mass is 9.81. The number of imidazole rings is 1. The van der Waals surface area contributed by atoms with Gasteiger partial charge in [-0.2, -0.15) is 11.3 Å². The molecule has 1 amide bonds. The molecule has 1 saturated carbocycles. The highest BCUT2D eigenvalue weighted by molar-refractivity contribution is 7.08. The highest BCUT2D eigenvalue weighted by Crippen LogP contribution is 2.37. The molecular formula is C19H20FN5OS. The third-order valence-electron chi connectivity index (χ3n) is 5.62. The molecule has 140 valence electrons. The van der Waals surface area contributed by atoms with Crippen molar-refractivity contribution in [3.05, 3.63) is 35.4 Å². The van der Waals surface area contributed by atoms with E-state index >= 15 is 0 Å². The second kappa shape index (κ2) is 6.30. The van der Waals surface area contributed by atoms with E-state index in [4.69, 9.17) is 0 Å². The van der Waals surface area contributed by atoms with Gasteiger partial charge in [-0.05, 0) is 30.7 Å². The van der Waals surface area contributed by atoms with Crippen LogP contribution in [0.2, 0.25) is 0 Å². The standard InChI is InChI=1S/C19H20FN5OS/c20-19(3-1-4-19)18(26)24-9-7-23(8-10-24)16-17-21-5-6-25(17)15(12-22-16)14-2-11-27-13-14/h2,5-6,11-13H,1,3-4,7-10H2. The molecule has 0 N–H and O–H groups in total. The Hall–Kier alpha value is -2.48. The Labute approximate surface area is 160 Å². The quantitative estimate of drug-likeness (QED) is 0.696. The second-order valence-corrected chi connectivity index (χ2v) is 7.98. The van der Waals surface area contributed by atoms with Crippen LogP contribution in [0.4, 0.5) is 10.2 Å². The van der Waals surface area contributed by atoms with Gasteiger partial charge in [0.15, 0.2) is 17.1 Å². The lowest BCUT2D eigenvalue weighted by molar-refractivity contribution is -0.150. The van der Waals surface area contributed by atoms with E-state index in [0.29, 0.717) is 39.0 Å². The van der Waals surface area contributed by atoms with Crippen LogP contribution in [-0.2, 0) is 4.79 Å². The molecule has 0 bridgehead atoms. The smallest absolute Gasteiger partial charge is 0.260 e. The number of hydrogen-bond acceptors (Lipinski definition) is 5.